The highest BCUT2D eigenvalue weighted by molar-refractivity contribution is 6.00. The van der Waals surface area contributed by atoms with Crippen LogP contribution >= 0.6 is 0 Å². The lowest BCUT2D eigenvalue weighted by molar-refractivity contribution is 1.28. The number of nitrogens with zero attached hydrogens (tertiary/aromatic N) is 2. The van der Waals surface area contributed by atoms with Crippen LogP contribution in [0, 0.1) is 0 Å². The molecule has 0 unspecified atom stereocenters. The van der Waals surface area contributed by atoms with Crippen molar-refractivity contribution in [3.05, 3.63) is 168 Å². The summed E-state index contributed by atoms with van der Waals surface area (Å²) in [5.41, 5.74) is 9.80. The third-order valence-corrected chi connectivity index (χ3v) is 8.49. The van der Waals surface area contributed by atoms with Crippen molar-refractivity contribution in [2.45, 2.75) is 0 Å². The van der Waals surface area contributed by atoms with Crippen molar-refractivity contribution < 1.29 is 11.0 Å². The van der Waals surface area contributed by atoms with Crippen molar-refractivity contribution in [1.82, 2.24) is 19.9 Å². The number of nitrogens with one attached hydrogen (secondary N) is 2. The van der Waals surface area contributed by atoms with Gasteiger partial charge in [-0.25, -0.2) is 9.97 Å². The van der Waals surface area contributed by atoms with Gasteiger partial charge in [-0.3, -0.25) is 0 Å². The van der Waals surface area contributed by atoms with E-state index in [0.29, 0.717) is 89.4 Å². The summed E-state index contributed by atoms with van der Waals surface area (Å²) in [6.45, 7) is 0. The highest BCUT2D eigenvalue weighted by atomic mass is 14.8. The number of rotatable bonds is 4. The first-order chi connectivity index (χ1) is 26.9. The van der Waals surface area contributed by atoms with Crippen LogP contribution in [0.25, 0.3) is 90.9 Å². The number of benzene rings is 4. The third-order valence-electron chi connectivity index (χ3n) is 8.49. The molecule has 4 nitrogen and oxygen atoms in total. The van der Waals surface area contributed by atoms with Gasteiger partial charge in [0.2, 0.25) is 0 Å². The van der Waals surface area contributed by atoms with Gasteiger partial charge in [0.1, 0.15) is 0 Å². The average Bonchev–Trinajstić information content (AvgIpc) is 3.94. The molecule has 2 N–H and O–H groups in total. The molecule has 8 bridgehead atoms. The molecule has 0 saturated heterocycles. The zero-order valence-corrected chi connectivity index (χ0v) is 25.4. The van der Waals surface area contributed by atoms with Gasteiger partial charge < -0.3 is 9.97 Å². The molecule has 0 amide bonds. The van der Waals surface area contributed by atoms with E-state index in [1.807, 2.05) is 48.6 Å². The van der Waals surface area contributed by atoms with Crippen LogP contribution in [0.3, 0.4) is 0 Å². The van der Waals surface area contributed by atoms with E-state index in [-0.39, 0.29) is 48.3 Å². The molecule has 4 heteroatoms. The zero-order valence-electron chi connectivity index (χ0n) is 33.4. The standard InChI is InChI=1S/C44H30N4/c1-5-13-29(14-6-1)41-33-21-23-35(45-33)42(30-15-7-2-8-16-30)37-25-27-39(47-37)44(32-19-11-4-12-20-32)40-28-26-38(48-40)43(31-17-9-3-10-18-31)36-24-22-34(41)46-36/h1-28,45-46H/i5D,6D,7D,8D,9D,10D,11D,12D. The maximum absolute atomic E-state index is 8.49. The van der Waals surface area contributed by atoms with E-state index in [2.05, 4.69) is 9.97 Å². The lowest BCUT2D eigenvalue weighted by Crippen LogP contribution is -1.91. The minimum absolute atomic E-state index is 0.161. The lowest BCUT2D eigenvalue weighted by atomic mass is 10.0. The molecule has 7 aromatic rings. The van der Waals surface area contributed by atoms with Crippen LogP contribution in [0.15, 0.2) is 145 Å². The van der Waals surface area contributed by atoms with Gasteiger partial charge >= 0.3 is 0 Å². The topological polar surface area (TPSA) is 57.4 Å². The summed E-state index contributed by atoms with van der Waals surface area (Å²) in [6, 6.07) is 28.4. The normalized spacial score (nSPS) is 14.3. The maximum Gasteiger partial charge on any atom is 0.0738 e. The molecule has 0 spiro atoms. The van der Waals surface area contributed by atoms with Gasteiger partial charge in [0.15, 0.2) is 0 Å². The van der Waals surface area contributed by atoms with Crippen LogP contribution in [-0.2, 0) is 0 Å². The zero-order chi connectivity index (χ0) is 38.8. The Labute approximate surface area is 289 Å². The monoisotopic (exact) mass is 622 g/mol. The molecule has 0 aliphatic carbocycles. The fourth-order valence-corrected chi connectivity index (χ4v) is 6.41. The minimum atomic E-state index is 0.161. The molecule has 0 radical (unpaired) electrons. The van der Waals surface area contributed by atoms with Crippen LogP contribution < -0.4 is 0 Å². The smallest absolute Gasteiger partial charge is 0.0738 e. The summed E-state index contributed by atoms with van der Waals surface area (Å²) >= 11 is 0. The first-order valence-electron chi connectivity index (χ1n) is 19.5. The van der Waals surface area contributed by atoms with Gasteiger partial charge in [-0.15, -0.1) is 0 Å². The highest BCUT2D eigenvalue weighted by Crippen LogP contribution is 2.38. The Morgan fingerprint density at radius 3 is 0.958 bits per heavy atom. The Hall–Kier alpha value is -6.52. The van der Waals surface area contributed by atoms with Crippen LogP contribution in [0.1, 0.15) is 33.7 Å². The van der Waals surface area contributed by atoms with Gasteiger partial charge in [0.05, 0.1) is 33.7 Å². The number of H-pyrrole nitrogens is 2. The molecular formula is C44H30N4. The van der Waals surface area contributed by atoms with Crippen molar-refractivity contribution in [3.8, 4) is 44.5 Å². The molecule has 9 rings (SSSR count). The second-order valence-electron chi connectivity index (χ2n) is 11.4. The molecule has 5 heterocycles. The molecule has 0 atom stereocenters. The maximum atomic E-state index is 8.49. The van der Waals surface area contributed by atoms with Crippen LogP contribution in [0.2, 0.25) is 0 Å². The van der Waals surface area contributed by atoms with Gasteiger partial charge in [-0.1, -0.05) is 121 Å². The van der Waals surface area contributed by atoms with Gasteiger partial charge in [-0.2, -0.15) is 0 Å². The molecule has 2 aliphatic heterocycles. The quantitative estimate of drug-likeness (QED) is 0.205. The molecule has 0 saturated carbocycles. The first kappa shape index (κ1) is 20.6. The summed E-state index contributed by atoms with van der Waals surface area (Å²) in [7, 11) is 0. The lowest BCUT2D eigenvalue weighted by Gasteiger charge is -2.07. The van der Waals surface area contributed by atoms with Crippen molar-refractivity contribution >= 4 is 46.4 Å². The van der Waals surface area contributed by atoms with E-state index in [1.165, 1.54) is 24.3 Å². The Morgan fingerprint density at radius 2 is 0.604 bits per heavy atom. The van der Waals surface area contributed by atoms with Crippen LogP contribution in [0.5, 0.6) is 0 Å². The van der Waals surface area contributed by atoms with E-state index in [4.69, 9.17) is 20.9 Å². The van der Waals surface area contributed by atoms with E-state index in [0.717, 1.165) is 0 Å². The first-order valence-corrected chi connectivity index (χ1v) is 15.5. The Morgan fingerprint density at radius 1 is 0.333 bits per heavy atom. The molecule has 2 aliphatic rings. The molecular weight excluding hydrogens is 585 g/mol. The van der Waals surface area contributed by atoms with E-state index in [1.54, 1.807) is 48.5 Å². The van der Waals surface area contributed by atoms with Crippen LogP contribution in [0.4, 0.5) is 0 Å². The second kappa shape index (κ2) is 11.7. The largest absolute Gasteiger partial charge is 0.354 e. The fraction of sp³-hybridized carbons (Fsp3) is 0. The molecule has 226 valence electrons. The summed E-state index contributed by atoms with van der Waals surface area (Å²) in [6.07, 6.45) is 7.45. The summed E-state index contributed by atoms with van der Waals surface area (Å²) in [4.78, 5) is 17.5. The molecule has 0 fully saturated rings. The highest BCUT2D eigenvalue weighted by Gasteiger charge is 2.19. The number of aromatic amines is 2. The molecule has 4 aromatic carbocycles. The average molecular weight is 623 g/mol. The minimum Gasteiger partial charge on any atom is -0.354 e. The van der Waals surface area contributed by atoms with Gasteiger partial charge in [0.25, 0.3) is 0 Å². The van der Waals surface area contributed by atoms with Crippen molar-refractivity contribution in [2.24, 2.45) is 0 Å². The number of aromatic nitrogens is 4. The van der Waals surface area contributed by atoms with Crippen molar-refractivity contribution in [2.75, 3.05) is 0 Å². The Balaban J connectivity index is 1.50. The third kappa shape index (κ3) is 4.88. The number of hydrogen-bond donors (Lipinski definition) is 2. The predicted octanol–water partition coefficient (Wildman–Crippen LogP) is 11.3. The molecule has 48 heavy (non-hydrogen) atoms. The summed E-state index contributed by atoms with van der Waals surface area (Å²) < 4.78 is 67.9. The van der Waals surface area contributed by atoms with E-state index >= 15 is 0 Å². The summed E-state index contributed by atoms with van der Waals surface area (Å²) in [5, 5.41) is 0. The second-order valence-corrected chi connectivity index (χ2v) is 11.4. The predicted molar refractivity (Wildman–Crippen MR) is 201 cm³/mol. The summed E-state index contributed by atoms with van der Waals surface area (Å²) in [5.74, 6) is 0. The number of fused-ring (bicyclic) bond motifs is 8. The molecule has 3 aromatic heterocycles. The Bertz CT molecular complexity index is 2800. The Kier molecular flexibility index (Phi) is 5.01. The SMILES string of the molecule is [2H]c1cc([2H])cc(-c2c3nc(c(-c4cc([2H])cc([2H])c4)c4ccc([nH]4)c(-c4cc([2H])cc([2H])c4)c4ccc([nH]4)c(-c4cc([2H])cc([2H])c4)c4nc2C=C4)C=C3)c1. The van der Waals surface area contributed by atoms with Crippen molar-refractivity contribution in [1.29, 1.82) is 0 Å². The number of hydrogen-bond acceptors (Lipinski definition) is 2. The van der Waals surface area contributed by atoms with E-state index < -0.39 is 0 Å². The fourth-order valence-electron chi connectivity index (χ4n) is 6.41. The van der Waals surface area contributed by atoms with Gasteiger partial charge in [-0.05, 0) is 70.8 Å². The van der Waals surface area contributed by atoms with E-state index in [9.17, 15) is 0 Å². The van der Waals surface area contributed by atoms with Gasteiger partial charge in [0, 0.05) is 44.3 Å². The van der Waals surface area contributed by atoms with Crippen molar-refractivity contribution in [3.63, 3.8) is 0 Å². The van der Waals surface area contributed by atoms with Crippen LogP contribution in [-0.4, -0.2) is 19.9 Å².